The second-order valence-corrected chi connectivity index (χ2v) is 5.32. The van der Waals surface area contributed by atoms with Crippen molar-refractivity contribution >= 4 is 34.8 Å². The summed E-state index contributed by atoms with van der Waals surface area (Å²) in [6, 6.07) is 6.80. The van der Waals surface area contributed by atoms with Crippen LogP contribution < -0.4 is 5.73 Å². The van der Waals surface area contributed by atoms with Crippen LogP contribution in [-0.4, -0.2) is 22.3 Å². The van der Waals surface area contributed by atoms with Crippen molar-refractivity contribution in [3.63, 3.8) is 0 Å². The molecule has 4 nitrogen and oxygen atoms in total. The number of carbonyl (C=O) groups is 1. The maximum atomic E-state index is 12.6. The molecule has 0 spiro atoms. The minimum absolute atomic E-state index is 0.200. The van der Waals surface area contributed by atoms with Crippen molar-refractivity contribution in [2.75, 3.05) is 12.3 Å². The van der Waals surface area contributed by atoms with Gasteiger partial charge in [-0.25, -0.2) is 0 Å². The van der Waals surface area contributed by atoms with Crippen LogP contribution in [0.15, 0.2) is 36.7 Å². The summed E-state index contributed by atoms with van der Waals surface area (Å²) in [5.41, 5.74) is 7.46. The summed E-state index contributed by atoms with van der Waals surface area (Å²) >= 11 is 12.1. The molecule has 21 heavy (non-hydrogen) atoms. The Balaban J connectivity index is 2.29. The number of rotatable bonds is 4. The molecule has 1 heterocycles. The Kier molecular flexibility index (Phi) is 5.04. The number of hydrogen-bond acceptors (Lipinski definition) is 3. The van der Waals surface area contributed by atoms with Crippen LogP contribution in [0.4, 0.5) is 5.69 Å². The molecule has 0 saturated carbocycles. The molecule has 2 N–H and O–H groups in total. The van der Waals surface area contributed by atoms with E-state index in [1.807, 2.05) is 19.1 Å². The number of nitrogens with zero attached hydrogens (tertiary/aromatic N) is 2. The maximum absolute atomic E-state index is 12.6. The van der Waals surface area contributed by atoms with Crippen LogP contribution in [0.1, 0.15) is 22.8 Å². The normalized spacial score (nSPS) is 10.4. The molecule has 0 aliphatic rings. The molecule has 2 aromatic rings. The SMILES string of the molecule is CCN(Cc1ccncc1)C(=O)c1cc(N)cc(Cl)c1Cl. The van der Waals surface area contributed by atoms with Crippen molar-refractivity contribution in [3.8, 4) is 0 Å². The van der Waals surface area contributed by atoms with Crippen molar-refractivity contribution in [3.05, 3.63) is 57.8 Å². The molecule has 110 valence electrons. The number of aromatic nitrogens is 1. The smallest absolute Gasteiger partial charge is 0.255 e. The first kappa shape index (κ1) is 15.6. The second-order valence-electron chi connectivity index (χ2n) is 4.54. The van der Waals surface area contributed by atoms with E-state index in [-0.39, 0.29) is 16.0 Å². The van der Waals surface area contributed by atoms with Crippen LogP contribution in [0.3, 0.4) is 0 Å². The van der Waals surface area contributed by atoms with Gasteiger partial charge in [0.25, 0.3) is 5.91 Å². The molecule has 6 heteroatoms. The molecule has 2 rings (SSSR count). The van der Waals surface area contributed by atoms with Gasteiger partial charge in [-0.05, 0) is 36.8 Å². The lowest BCUT2D eigenvalue weighted by Gasteiger charge is -2.22. The maximum Gasteiger partial charge on any atom is 0.255 e. The lowest BCUT2D eigenvalue weighted by atomic mass is 10.1. The van der Waals surface area contributed by atoms with E-state index in [1.54, 1.807) is 23.4 Å². The summed E-state index contributed by atoms with van der Waals surface area (Å²) in [5.74, 6) is -0.200. The molecule has 0 atom stereocenters. The zero-order chi connectivity index (χ0) is 15.4. The van der Waals surface area contributed by atoms with Gasteiger partial charge in [0.05, 0.1) is 15.6 Å². The van der Waals surface area contributed by atoms with E-state index in [0.717, 1.165) is 5.56 Å². The lowest BCUT2D eigenvalue weighted by molar-refractivity contribution is 0.0753. The quantitative estimate of drug-likeness (QED) is 0.874. The number of nitrogens with two attached hydrogens (primary N) is 1. The zero-order valence-corrected chi connectivity index (χ0v) is 13.0. The summed E-state index contributed by atoms with van der Waals surface area (Å²) in [4.78, 5) is 18.3. The topological polar surface area (TPSA) is 59.2 Å². The number of benzene rings is 1. The van der Waals surface area contributed by atoms with Crippen LogP contribution >= 0.6 is 23.2 Å². The fourth-order valence-electron chi connectivity index (χ4n) is 1.97. The van der Waals surface area contributed by atoms with E-state index < -0.39 is 0 Å². The summed E-state index contributed by atoms with van der Waals surface area (Å²) in [7, 11) is 0. The molecule has 1 aromatic heterocycles. The second kappa shape index (κ2) is 6.78. The third-order valence-electron chi connectivity index (χ3n) is 3.07. The molecule has 1 amide bonds. The van der Waals surface area contributed by atoms with E-state index in [4.69, 9.17) is 28.9 Å². The highest BCUT2D eigenvalue weighted by molar-refractivity contribution is 6.44. The van der Waals surface area contributed by atoms with Gasteiger partial charge in [0, 0.05) is 31.2 Å². The van der Waals surface area contributed by atoms with Gasteiger partial charge < -0.3 is 10.6 Å². The standard InChI is InChI=1S/C15H15Cl2N3O/c1-2-20(9-10-3-5-19-6-4-10)15(21)12-7-11(18)8-13(16)14(12)17/h3-8H,2,9,18H2,1H3. The average Bonchev–Trinajstić information content (AvgIpc) is 2.49. The highest BCUT2D eigenvalue weighted by Gasteiger charge is 2.19. The van der Waals surface area contributed by atoms with E-state index in [0.29, 0.717) is 24.3 Å². The van der Waals surface area contributed by atoms with Crippen molar-refractivity contribution in [2.45, 2.75) is 13.5 Å². The molecule has 0 saturated heterocycles. The van der Waals surface area contributed by atoms with Gasteiger partial charge >= 0.3 is 0 Å². The van der Waals surface area contributed by atoms with Crippen molar-refractivity contribution in [2.24, 2.45) is 0 Å². The fourth-order valence-corrected chi connectivity index (χ4v) is 2.39. The third-order valence-corrected chi connectivity index (χ3v) is 3.87. The predicted molar refractivity (Wildman–Crippen MR) is 85.5 cm³/mol. The molecular formula is C15H15Cl2N3O. The van der Waals surface area contributed by atoms with Gasteiger partial charge in [-0.3, -0.25) is 9.78 Å². The summed E-state index contributed by atoms with van der Waals surface area (Å²) in [5, 5.41) is 0.504. The summed E-state index contributed by atoms with van der Waals surface area (Å²) in [6.45, 7) is 2.92. The average molecular weight is 324 g/mol. The highest BCUT2D eigenvalue weighted by Crippen LogP contribution is 2.29. The highest BCUT2D eigenvalue weighted by atomic mass is 35.5. The first-order valence-corrected chi connectivity index (χ1v) is 7.21. The van der Waals surface area contributed by atoms with Crippen LogP contribution in [-0.2, 0) is 6.54 Å². The molecule has 0 bridgehead atoms. The molecule has 0 aliphatic carbocycles. The van der Waals surface area contributed by atoms with Gasteiger partial charge in [0.2, 0.25) is 0 Å². The van der Waals surface area contributed by atoms with E-state index in [1.165, 1.54) is 6.07 Å². The van der Waals surface area contributed by atoms with E-state index in [2.05, 4.69) is 4.98 Å². The van der Waals surface area contributed by atoms with E-state index in [9.17, 15) is 4.79 Å². The third kappa shape index (κ3) is 3.65. The van der Waals surface area contributed by atoms with E-state index >= 15 is 0 Å². The number of carbonyl (C=O) groups excluding carboxylic acids is 1. The van der Waals surface area contributed by atoms with Gasteiger partial charge in [-0.15, -0.1) is 0 Å². The number of hydrogen-bond donors (Lipinski definition) is 1. The number of amides is 1. The predicted octanol–water partition coefficient (Wildman–Crippen LogP) is 3.63. The zero-order valence-electron chi connectivity index (χ0n) is 11.5. The Labute approximate surface area is 133 Å². The lowest BCUT2D eigenvalue weighted by Crippen LogP contribution is -2.30. The van der Waals surface area contributed by atoms with Gasteiger partial charge in [-0.2, -0.15) is 0 Å². The Morgan fingerprint density at radius 1 is 1.29 bits per heavy atom. The Morgan fingerprint density at radius 2 is 1.95 bits per heavy atom. The minimum Gasteiger partial charge on any atom is -0.399 e. The van der Waals surface area contributed by atoms with Crippen LogP contribution in [0.2, 0.25) is 10.0 Å². The monoisotopic (exact) mass is 323 g/mol. The Morgan fingerprint density at radius 3 is 2.57 bits per heavy atom. The van der Waals surface area contributed by atoms with Crippen LogP contribution in [0, 0.1) is 0 Å². The summed E-state index contributed by atoms with van der Waals surface area (Å²) < 4.78 is 0. The molecule has 0 aliphatic heterocycles. The Bertz CT molecular complexity index is 647. The van der Waals surface area contributed by atoms with Crippen molar-refractivity contribution in [1.82, 2.24) is 9.88 Å². The van der Waals surface area contributed by atoms with Crippen molar-refractivity contribution in [1.29, 1.82) is 0 Å². The van der Waals surface area contributed by atoms with Crippen molar-refractivity contribution < 1.29 is 4.79 Å². The molecule has 1 aromatic carbocycles. The molecule has 0 fully saturated rings. The van der Waals surface area contributed by atoms with Gasteiger partial charge in [0.1, 0.15) is 0 Å². The first-order chi connectivity index (χ1) is 10.0. The van der Waals surface area contributed by atoms with Gasteiger partial charge in [-0.1, -0.05) is 23.2 Å². The first-order valence-electron chi connectivity index (χ1n) is 6.45. The molecule has 0 unspecified atom stereocenters. The number of nitrogen functional groups attached to an aromatic ring is 1. The number of anilines is 1. The van der Waals surface area contributed by atoms with Crippen LogP contribution in [0.5, 0.6) is 0 Å². The number of halogens is 2. The van der Waals surface area contributed by atoms with Crippen LogP contribution in [0.25, 0.3) is 0 Å². The number of pyridine rings is 1. The fraction of sp³-hybridized carbons (Fsp3) is 0.200. The Hall–Kier alpha value is -1.78. The minimum atomic E-state index is -0.200. The molecular weight excluding hydrogens is 309 g/mol. The van der Waals surface area contributed by atoms with Gasteiger partial charge in [0.15, 0.2) is 0 Å². The molecule has 0 radical (unpaired) electrons. The summed E-state index contributed by atoms with van der Waals surface area (Å²) in [6.07, 6.45) is 3.38. The largest absolute Gasteiger partial charge is 0.399 e.